The number of carbonyl (C=O) groups is 1. The molecule has 132 valence electrons. The Kier molecular flexibility index (Phi) is 5.22. The number of fused-ring (bicyclic) bond motifs is 3. The zero-order valence-corrected chi connectivity index (χ0v) is 15.4. The van der Waals surface area contributed by atoms with Gasteiger partial charge in [-0.1, -0.05) is 24.1 Å². The molecule has 1 aromatic rings. The van der Waals surface area contributed by atoms with E-state index >= 15 is 0 Å². The quantitative estimate of drug-likeness (QED) is 0.837. The van der Waals surface area contributed by atoms with Crippen LogP contribution in [0.15, 0.2) is 18.2 Å². The van der Waals surface area contributed by atoms with Crippen molar-refractivity contribution in [3.05, 3.63) is 29.3 Å². The number of halogens is 1. The molecule has 4 rings (SSSR count). The van der Waals surface area contributed by atoms with E-state index in [9.17, 15) is 4.79 Å². The van der Waals surface area contributed by atoms with Crippen molar-refractivity contribution in [1.29, 1.82) is 0 Å². The molecule has 2 aliphatic carbocycles. The number of carbonyl (C=O) groups excluding carboxylic acids is 1. The lowest BCUT2D eigenvalue weighted by Gasteiger charge is -2.45. The third kappa shape index (κ3) is 3.09. The molecule has 1 heterocycles. The minimum atomic E-state index is 0. The van der Waals surface area contributed by atoms with Gasteiger partial charge >= 0.3 is 0 Å². The molecule has 2 bridgehead atoms. The number of hydrogen-bond acceptors (Lipinski definition) is 2. The Morgan fingerprint density at radius 2 is 1.88 bits per heavy atom. The number of benzene rings is 1. The van der Waals surface area contributed by atoms with E-state index < -0.39 is 0 Å². The van der Waals surface area contributed by atoms with E-state index in [-0.39, 0.29) is 18.3 Å². The second kappa shape index (κ2) is 7.05. The van der Waals surface area contributed by atoms with E-state index in [1.165, 1.54) is 30.4 Å². The van der Waals surface area contributed by atoms with E-state index in [4.69, 9.17) is 5.73 Å². The van der Waals surface area contributed by atoms with Crippen LogP contribution >= 0.6 is 12.4 Å². The molecule has 4 heteroatoms. The summed E-state index contributed by atoms with van der Waals surface area (Å²) in [5.74, 6) is 1.69. The van der Waals surface area contributed by atoms with Gasteiger partial charge in [-0.05, 0) is 68.9 Å². The number of nitrogens with two attached hydrogens (primary N) is 1. The third-order valence-electron chi connectivity index (χ3n) is 6.38. The largest absolute Gasteiger partial charge is 0.327 e. The van der Waals surface area contributed by atoms with Crippen LogP contribution in [0.4, 0.5) is 5.69 Å². The summed E-state index contributed by atoms with van der Waals surface area (Å²) in [5.41, 5.74) is 10.2. The van der Waals surface area contributed by atoms with Crippen LogP contribution in [0.3, 0.4) is 0 Å². The van der Waals surface area contributed by atoms with Gasteiger partial charge in [0.1, 0.15) is 0 Å². The van der Waals surface area contributed by atoms with Crippen LogP contribution in [-0.4, -0.2) is 18.5 Å². The summed E-state index contributed by atoms with van der Waals surface area (Å²) in [4.78, 5) is 15.3. The minimum absolute atomic E-state index is 0. The van der Waals surface area contributed by atoms with Crippen LogP contribution in [-0.2, 0) is 11.2 Å². The maximum atomic E-state index is 13.2. The first-order valence-corrected chi connectivity index (χ1v) is 9.30. The molecule has 2 unspecified atom stereocenters. The fourth-order valence-electron chi connectivity index (χ4n) is 5.17. The van der Waals surface area contributed by atoms with E-state index in [1.807, 2.05) is 0 Å². The van der Waals surface area contributed by atoms with Crippen molar-refractivity contribution in [1.82, 2.24) is 0 Å². The fourth-order valence-corrected chi connectivity index (χ4v) is 5.17. The van der Waals surface area contributed by atoms with Gasteiger partial charge in [-0.25, -0.2) is 0 Å². The molecule has 2 atom stereocenters. The highest BCUT2D eigenvalue weighted by Gasteiger charge is 2.42. The van der Waals surface area contributed by atoms with Gasteiger partial charge in [-0.2, -0.15) is 0 Å². The van der Waals surface area contributed by atoms with Crippen molar-refractivity contribution < 1.29 is 4.79 Å². The lowest BCUT2D eigenvalue weighted by molar-refractivity contribution is -0.125. The van der Waals surface area contributed by atoms with Crippen molar-refractivity contribution in [2.24, 2.45) is 23.5 Å². The fraction of sp³-hybridized carbons (Fsp3) is 0.650. The first kappa shape index (κ1) is 17.8. The Balaban J connectivity index is 0.00000169. The minimum Gasteiger partial charge on any atom is -0.327 e. The molecule has 1 amide bonds. The first-order chi connectivity index (χ1) is 11.1. The lowest BCUT2D eigenvalue weighted by Crippen LogP contribution is -2.50. The van der Waals surface area contributed by atoms with Crippen LogP contribution in [0, 0.1) is 24.7 Å². The van der Waals surface area contributed by atoms with Gasteiger partial charge in [0.25, 0.3) is 0 Å². The highest BCUT2D eigenvalue weighted by atomic mass is 35.5. The summed E-state index contributed by atoms with van der Waals surface area (Å²) < 4.78 is 0. The predicted octanol–water partition coefficient (Wildman–Crippen LogP) is 3.85. The van der Waals surface area contributed by atoms with Gasteiger partial charge in [0.15, 0.2) is 0 Å². The van der Waals surface area contributed by atoms with Crippen molar-refractivity contribution >= 4 is 24.0 Å². The molecular formula is C20H29ClN2O. The monoisotopic (exact) mass is 348 g/mol. The molecule has 1 aliphatic heterocycles. The predicted molar refractivity (Wildman–Crippen MR) is 101 cm³/mol. The van der Waals surface area contributed by atoms with Crippen molar-refractivity contribution in [2.75, 3.05) is 11.4 Å². The van der Waals surface area contributed by atoms with Crippen LogP contribution in [0.25, 0.3) is 0 Å². The number of anilines is 1. The van der Waals surface area contributed by atoms with Gasteiger partial charge in [0.05, 0.1) is 0 Å². The molecule has 2 fully saturated rings. The summed E-state index contributed by atoms with van der Waals surface area (Å²) in [6.45, 7) is 3.01. The molecule has 2 N–H and O–H groups in total. The average molecular weight is 349 g/mol. The zero-order chi connectivity index (χ0) is 16.0. The molecular weight excluding hydrogens is 320 g/mol. The highest BCUT2D eigenvalue weighted by Crippen LogP contribution is 2.43. The Morgan fingerprint density at radius 3 is 2.58 bits per heavy atom. The Bertz CT molecular complexity index is 604. The summed E-state index contributed by atoms with van der Waals surface area (Å²) >= 11 is 0. The highest BCUT2D eigenvalue weighted by molar-refractivity contribution is 5.96. The molecule has 2 saturated carbocycles. The smallest absolute Gasteiger partial charge is 0.230 e. The summed E-state index contributed by atoms with van der Waals surface area (Å²) in [5, 5.41) is 0. The molecule has 0 saturated heterocycles. The van der Waals surface area contributed by atoms with E-state index in [0.717, 1.165) is 37.9 Å². The first-order valence-electron chi connectivity index (χ1n) is 9.30. The summed E-state index contributed by atoms with van der Waals surface area (Å²) in [6, 6.07) is 6.87. The van der Waals surface area contributed by atoms with Crippen molar-refractivity contribution in [2.45, 2.75) is 57.9 Å². The van der Waals surface area contributed by atoms with E-state index in [2.05, 4.69) is 30.0 Å². The van der Waals surface area contributed by atoms with Gasteiger partial charge in [0, 0.05) is 24.2 Å². The SMILES string of the molecule is Cc1ccc2c(c1)CCCN2C(=O)C1CC2CCCC(C1)C2N.Cl. The Morgan fingerprint density at radius 1 is 1.17 bits per heavy atom. The summed E-state index contributed by atoms with van der Waals surface area (Å²) in [7, 11) is 0. The number of nitrogens with zero attached hydrogens (tertiary/aromatic N) is 1. The molecule has 0 radical (unpaired) electrons. The second-order valence-electron chi connectivity index (χ2n) is 7.92. The normalized spacial score (nSPS) is 31.8. The van der Waals surface area contributed by atoms with Crippen LogP contribution in [0.1, 0.15) is 49.7 Å². The average Bonchev–Trinajstić information content (AvgIpc) is 2.53. The molecule has 24 heavy (non-hydrogen) atoms. The maximum Gasteiger partial charge on any atom is 0.230 e. The topological polar surface area (TPSA) is 46.3 Å². The van der Waals surface area contributed by atoms with Crippen LogP contribution in [0.2, 0.25) is 0 Å². The zero-order valence-electron chi connectivity index (χ0n) is 14.5. The number of amides is 1. The summed E-state index contributed by atoms with van der Waals surface area (Å²) in [6.07, 6.45) is 7.94. The van der Waals surface area contributed by atoms with Crippen molar-refractivity contribution in [3.8, 4) is 0 Å². The van der Waals surface area contributed by atoms with E-state index in [0.29, 0.717) is 23.8 Å². The Labute approximate surface area is 151 Å². The van der Waals surface area contributed by atoms with Crippen LogP contribution in [0.5, 0.6) is 0 Å². The van der Waals surface area contributed by atoms with Crippen molar-refractivity contribution in [3.63, 3.8) is 0 Å². The molecule has 0 aromatic heterocycles. The second-order valence-corrected chi connectivity index (χ2v) is 7.92. The standard InChI is InChI=1S/C20H28N2O.ClH/c1-13-7-8-18-14(10-13)6-3-9-22(18)20(23)17-11-15-4-2-5-16(12-17)19(15)21;/h7-8,10,15-17,19H,2-6,9,11-12,21H2,1H3;1H. The van der Waals surface area contributed by atoms with Gasteiger partial charge in [-0.3, -0.25) is 4.79 Å². The lowest BCUT2D eigenvalue weighted by atomic mass is 9.65. The van der Waals surface area contributed by atoms with Gasteiger partial charge < -0.3 is 10.6 Å². The number of hydrogen-bond donors (Lipinski definition) is 1. The number of rotatable bonds is 1. The molecule has 0 spiro atoms. The van der Waals surface area contributed by atoms with Crippen LogP contribution < -0.4 is 10.6 Å². The molecule has 3 aliphatic rings. The molecule has 1 aromatic carbocycles. The number of aryl methyl sites for hydroxylation is 2. The van der Waals surface area contributed by atoms with Gasteiger partial charge in [-0.15, -0.1) is 12.4 Å². The molecule has 3 nitrogen and oxygen atoms in total. The Hall–Kier alpha value is -1.06. The van der Waals surface area contributed by atoms with E-state index in [1.54, 1.807) is 0 Å². The van der Waals surface area contributed by atoms with Gasteiger partial charge in [0.2, 0.25) is 5.91 Å². The third-order valence-corrected chi connectivity index (χ3v) is 6.38. The maximum absolute atomic E-state index is 13.2.